The Morgan fingerprint density at radius 3 is 2.50 bits per heavy atom. The summed E-state index contributed by atoms with van der Waals surface area (Å²) in [5, 5.41) is 1.12. The molecule has 0 aliphatic carbocycles. The zero-order chi connectivity index (χ0) is 4.99. The third-order valence-corrected chi connectivity index (χ3v) is 2.52. The fourth-order valence-electron chi connectivity index (χ4n) is 0.113. The normalized spacial score (nSPS) is 8.33. The van der Waals surface area contributed by atoms with Crippen LogP contribution in [-0.4, -0.2) is 18.2 Å². The molecular weight excluding hydrogens is 183 g/mol. The molecule has 0 heterocycles. The van der Waals surface area contributed by atoms with E-state index in [9.17, 15) is 0 Å². The fourth-order valence-corrected chi connectivity index (χ4v) is 1.77. The summed E-state index contributed by atoms with van der Waals surface area (Å²) in [6.07, 6.45) is 0. The number of halogens is 1. The van der Waals surface area contributed by atoms with Crippen LogP contribution in [-0.2, 0) is 0 Å². The molecule has 0 amide bonds. The third kappa shape index (κ3) is 4.90. The fraction of sp³-hybridized carbons (Fsp3) is 0.667. The summed E-state index contributed by atoms with van der Waals surface area (Å²) in [4.78, 5) is 0. The Kier molecular flexibility index (Phi) is 4.68. The Hall–Kier alpha value is 0.899. The van der Waals surface area contributed by atoms with Gasteiger partial charge in [-0.05, 0) is 0 Å². The predicted octanol–water partition coefficient (Wildman–Crippen LogP) is 1.65. The molecule has 0 aromatic carbocycles. The van der Waals surface area contributed by atoms with Crippen molar-refractivity contribution in [1.82, 2.24) is 0 Å². The molecule has 0 spiro atoms. The van der Waals surface area contributed by atoms with Gasteiger partial charge in [0.15, 0.2) is 0 Å². The molecule has 0 bridgehead atoms. The van der Waals surface area contributed by atoms with Gasteiger partial charge in [-0.2, -0.15) is 0 Å². The van der Waals surface area contributed by atoms with E-state index < -0.39 is 0 Å². The second kappa shape index (κ2) is 4.07. The van der Waals surface area contributed by atoms with Crippen molar-refractivity contribution in [3.8, 4) is 0 Å². The molecule has 0 fully saturated rings. The van der Waals surface area contributed by atoms with Crippen LogP contribution in [0.1, 0.15) is 6.92 Å². The van der Waals surface area contributed by atoms with E-state index >= 15 is 0 Å². The summed E-state index contributed by atoms with van der Waals surface area (Å²) < 4.78 is 0.657. The van der Waals surface area contributed by atoms with Gasteiger partial charge in [-0.3, -0.25) is 0 Å². The summed E-state index contributed by atoms with van der Waals surface area (Å²) in [6.45, 7) is 2.08. The van der Waals surface area contributed by atoms with E-state index in [1.807, 2.05) is 0 Å². The average molecular weight is 188 g/mol. The van der Waals surface area contributed by atoms with Gasteiger partial charge in [-0.25, -0.2) is 0 Å². The Labute approximate surface area is 54.4 Å². The van der Waals surface area contributed by atoms with Crippen molar-refractivity contribution in [1.29, 1.82) is 0 Å². The molecular formula is C3H5ClSSe. The molecule has 0 N–H and O–H groups in total. The van der Waals surface area contributed by atoms with Gasteiger partial charge >= 0.3 is 54.2 Å². The van der Waals surface area contributed by atoms with E-state index in [1.54, 1.807) is 0 Å². The molecule has 0 nitrogen and oxygen atoms in total. The quantitative estimate of drug-likeness (QED) is 0.360. The van der Waals surface area contributed by atoms with Crippen molar-refractivity contribution in [2.45, 2.75) is 12.2 Å². The van der Waals surface area contributed by atoms with Gasteiger partial charge < -0.3 is 0 Å². The van der Waals surface area contributed by atoms with Crippen molar-refractivity contribution >= 4 is 42.0 Å². The molecule has 0 aromatic rings. The zero-order valence-electron chi connectivity index (χ0n) is 3.40. The first-order valence-electron chi connectivity index (χ1n) is 1.59. The van der Waals surface area contributed by atoms with Crippen LogP contribution in [0, 0.1) is 0 Å². The van der Waals surface area contributed by atoms with Gasteiger partial charge in [-0.15, -0.1) is 0 Å². The summed E-state index contributed by atoms with van der Waals surface area (Å²) >= 11 is 10.3. The minimum atomic E-state index is 0.414. The summed E-state index contributed by atoms with van der Waals surface area (Å²) in [7, 11) is 0. The average Bonchev–Trinajstić information content (AvgIpc) is 1.35. The molecule has 3 heteroatoms. The molecule has 0 rings (SSSR count). The van der Waals surface area contributed by atoms with Gasteiger partial charge in [-0.1, -0.05) is 0 Å². The van der Waals surface area contributed by atoms with Gasteiger partial charge in [0, 0.05) is 0 Å². The van der Waals surface area contributed by atoms with Crippen molar-refractivity contribution in [2.75, 3.05) is 0 Å². The van der Waals surface area contributed by atoms with Gasteiger partial charge in [0.25, 0.3) is 0 Å². The molecule has 36 valence electrons. The molecule has 0 saturated heterocycles. The molecule has 0 unspecified atom stereocenters. The van der Waals surface area contributed by atoms with Crippen LogP contribution in [0.2, 0.25) is 5.32 Å². The number of rotatable bonds is 2. The van der Waals surface area contributed by atoms with Crippen molar-refractivity contribution in [3.63, 3.8) is 0 Å². The van der Waals surface area contributed by atoms with Crippen LogP contribution in [0.15, 0.2) is 0 Å². The van der Waals surface area contributed by atoms with Crippen LogP contribution in [0.25, 0.3) is 0 Å². The van der Waals surface area contributed by atoms with Crippen LogP contribution >= 0.6 is 23.8 Å². The number of hydrogen-bond donors (Lipinski definition) is 0. The molecule has 0 radical (unpaired) electrons. The first-order chi connectivity index (χ1) is 2.77. The first kappa shape index (κ1) is 6.90. The van der Waals surface area contributed by atoms with Crippen LogP contribution in [0.3, 0.4) is 0 Å². The maximum absolute atomic E-state index is 5.34. The molecule has 0 aromatic heterocycles. The molecule has 0 aliphatic rings. The van der Waals surface area contributed by atoms with Gasteiger partial charge in [0.05, 0.1) is 0 Å². The van der Waals surface area contributed by atoms with Crippen LogP contribution < -0.4 is 0 Å². The van der Waals surface area contributed by atoms with Crippen molar-refractivity contribution in [2.24, 2.45) is 0 Å². The van der Waals surface area contributed by atoms with Crippen molar-refractivity contribution in [3.05, 3.63) is 0 Å². The van der Waals surface area contributed by atoms with Gasteiger partial charge in [0.2, 0.25) is 0 Å². The second-order valence-electron chi connectivity index (χ2n) is 0.671. The molecule has 6 heavy (non-hydrogen) atoms. The monoisotopic (exact) mass is 188 g/mol. The van der Waals surface area contributed by atoms with E-state index in [0.717, 1.165) is 5.32 Å². The van der Waals surface area contributed by atoms with E-state index in [-0.39, 0.29) is 0 Å². The minimum absolute atomic E-state index is 0.414. The third-order valence-electron chi connectivity index (χ3n) is 0.258. The predicted molar refractivity (Wildman–Crippen MR) is 34.7 cm³/mol. The molecule has 0 aliphatic heterocycles. The first-order valence-corrected chi connectivity index (χ1v) is 4.45. The SMILES string of the molecule is CC[Se]C(=S)Cl. The number of thiocarbonyl (C=S) groups is 1. The Balaban J connectivity index is 2.83. The topological polar surface area (TPSA) is 0 Å². The van der Waals surface area contributed by atoms with Crippen molar-refractivity contribution < 1.29 is 0 Å². The summed E-state index contributed by atoms with van der Waals surface area (Å²) in [6, 6.07) is 0. The maximum atomic E-state index is 5.34. The van der Waals surface area contributed by atoms with Crippen LogP contribution in [0.5, 0.6) is 0 Å². The Bertz CT molecular complexity index is 54.8. The molecule has 0 saturated carbocycles. The zero-order valence-corrected chi connectivity index (χ0v) is 6.69. The Morgan fingerprint density at radius 2 is 2.50 bits per heavy atom. The molecule has 0 atom stereocenters. The summed E-state index contributed by atoms with van der Waals surface area (Å²) in [5.74, 6) is 0. The van der Waals surface area contributed by atoms with E-state index in [0.29, 0.717) is 18.2 Å². The van der Waals surface area contributed by atoms with E-state index in [2.05, 4.69) is 19.1 Å². The van der Waals surface area contributed by atoms with E-state index in [1.165, 1.54) is 0 Å². The van der Waals surface area contributed by atoms with Crippen LogP contribution in [0.4, 0.5) is 0 Å². The summed E-state index contributed by atoms with van der Waals surface area (Å²) in [5.41, 5.74) is 0. The van der Waals surface area contributed by atoms with E-state index in [4.69, 9.17) is 11.6 Å². The van der Waals surface area contributed by atoms with Gasteiger partial charge in [0.1, 0.15) is 0 Å². The Morgan fingerprint density at radius 1 is 2.00 bits per heavy atom. The standard InChI is InChI=1S/C3H5ClSSe/c1-2-6-3(4)5/h2H2,1H3. The second-order valence-corrected chi connectivity index (χ2v) is 5.45. The number of hydrogen-bond acceptors (Lipinski definition) is 1.